The molecule has 1 fully saturated rings. The van der Waals surface area contributed by atoms with Crippen LogP contribution in [0.4, 0.5) is 0 Å². The maximum Gasteiger partial charge on any atom is 0.331 e. The molecular weight excluding hydrogens is 306 g/mol. The van der Waals surface area contributed by atoms with Crippen LogP contribution in [0.1, 0.15) is 62.4 Å². The number of aromatic nitrogens is 2. The average Bonchev–Trinajstić information content (AvgIpc) is 2.79. The summed E-state index contributed by atoms with van der Waals surface area (Å²) in [4.78, 5) is 24.9. The van der Waals surface area contributed by atoms with Gasteiger partial charge in [-0.05, 0) is 45.6 Å². The second-order valence-corrected chi connectivity index (χ2v) is 6.68. The number of ether oxygens (including phenoxy) is 1. The van der Waals surface area contributed by atoms with Crippen molar-refractivity contribution in [1.29, 1.82) is 0 Å². The summed E-state index contributed by atoms with van der Waals surface area (Å²) in [6.45, 7) is 6.10. The van der Waals surface area contributed by atoms with Crippen LogP contribution in [-0.4, -0.2) is 33.8 Å². The van der Waals surface area contributed by atoms with Crippen LogP contribution in [0, 0.1) is 13.8 Å². The lowest BCUT2D eigenvalue weighted by atomic mass is 9.81. The molecule has 0 unspecified atom stereocenters. The highest BCUT2D eigenvalue weighted by molar-refractivity contribution is 5.88. The Kier molecular flexibility index (Phi) is 6.02. The molecule has 0 bridgehead atoms. The SMILES string of the molecule is CCOC(=O)C1(NC(=O)CCc2c(C)nn(C)c2C)CCCCC1. The van der Waals surface area contributed by atoms with Gasteiger partial charge in [0.15, 0.2) is 0 Å². The van der Waals surface area contributed by atoms with E-state index in [1.807, 2.05) is 25.6 Å². The van der Waals surface area contributed by atoms with Gasteiger partial charge in [-0.1, -0.05) is 19.3 Å². The summed E-state index contributed by atoms with van der Waals surface area (Å²) in [6, 6.07) is 0. The van der Waals surface area contributed by atoms with Crippen molar-refractivity contribution in [2.24, 2.45) is 7.05 Å². The van der Waals surface area contributed by atoms with Crippen molar-refractivity contribution in [3.8, 4) is 0 Å². The van der Waals surface area contributed by atoms with E-state index in [1.54, 1.807) is 6.92 Å². The zero-order valence-electron chi connectivity index (χ0n) is 15.3. The lowest BCUT2D eigenvalue weighted by molar-refractivity contribution is -0.155. The Bertz CT molecular complexity index is 601. The van der Waals surface area contributed by atoms with E-state index in [0.717, 1.165) is 36.2 Å². The number of nitrogens with one attached hydrogen (secondary N) is 1. The molecule has 0 spiro atoms. The van der Waals surface area contributed by atoms with Gasteiger partial charge in [-0.3, -0.25) is 9.48 Å². The van der Waals surface area contributed by atoms with Gasteiger partial charge in [0, 0.05) is 19.2 Å². The molecule has 1 N–H and O–H groups in total. The summed E-state index contributed by atoms with van der Waals surface area (Å²) in [6.07, 6.45) is 5.32. The van der Waals surface area contributed by atoms with Crippen LogP contribution in [0.2, 0.25) is 0 Å². The molecule has 2 rings (SSSR count). The smallest absolute Gasteiger partial charge is 0.331 e. The number of rotatable bonds is 6. The zero-order chi connectivity index (χ0) is 17.7. The largest absolute Gasteiger partial charge is 0.464 e. The number of aryl methyl sites for hydroxylation is 2. The number of esters is 1. The van der Waals surface area contributed by atoms with E-state index in [1.165, 1.54) is 0 Å². The fraction of sp³-hybridized carbons (Fsp3) is 0.722. The number of hydrogen-bond donors (Lipinski definition) is 1. The van der Waals surface area contributed by atoms with Crippen LogP contribution in [0.25, 0.3) is 0 Å². The maximum absolute atomic E-state index is 12.5. The van der Waals surface area contributed by atoms with E-state index >= 15 is 0 Å². The van der Waals surface area contributed by atoms with Crippen molar-refractivity contribution in [3.05, 3.63) is 17.0 Å². The van der Waals surface area contributed by atoms with Crippen LogP contribution >= 0.6 is 0 Å². The number of carbonyl (C=O) groups excluding carboxylic acids is 2. The Morgan fingerprint density at radius 3 is 2.46 bits per heavy atom. The first-order valence-electron chi connectivity index (χ1n) is 8.87. The van der Waals surface area contributed by atoms with Gasteiger partial charge in [0.1, 0.15) is 5.54 Å². The number of carbonyl (C=O) groups is 2. The summed E-state index contributed by atoms with van der Waals surface area (Å²) in [5, 5.41) is 7.37. The first kappa shape index (κ1) is 18.5. The van der Waals surface area contributed by atoms with Crippen molar-refractivity contribution in [2.45, 2.75) is 71.3 Å². The van der Waals surface area contributed by atoms with E-state index in [-0.39, 0.29) is 11.9 Å². The molecule has 0 aromatic carbocycles. The number of nitrogens with zero attached hydrogens (tertiary/aromatic N) is 2. The zero-order valence-corrected chi connectivity index (χ0v) is 15.3. The van der Waals surface area contributed by atoms with Crippen LogP contribution < -0.4 is 5.32 Å². The molecule has 1 aliphatic carbocycles. The van der Waals surface area contributed by atoms with Gasteiger partial charge in [-0.25, -0.2) is 4.79 Å². The summed E-state index contributed by atoms with van der Waals surface area (Å²) >= 11 is 0. The lowest BCUT2D eigenvalue weighted by Crippen LogP contribution is -2.56. The van der Waals surface area contributed by atoms with Crippen LogP contribution in [-0.2, 0) is 27.8 Å². The maximum atomic E-state index is 12.5. The molecular formula is C18H29N3O3. The molecule has 1 aromatic heterocycles. The molecule has 6 nitrogen and oxygen atoms in total. The first-order valence-corrected chi connectivity index (χ1v) is 8.87. The van der Waals surface area contributed by atoms with Crippen molar-refractivity contribution in [1.82, 2.24) is 15.1 Å². The predicted octanol–water partition coefficient (Wildman–Crippen LogP) is 2.35. The summed E-state index contributed by atoms with van der Waals surface area (Å²) in [5.74, 6) is -0.376. The predicted molar refractivity (Wildman–Crippen MR) is 91.6 cm³/mol. The second-order valence-electron chi connectivity index (χ2n) is 6.68. The lowest BCUT2D eigenvalue weighted by Gasteiger charge is -2.35. The first-order chi connectivity index (χ1) is 11.4. The molecule has 134 valence electrons. The topological polar surface area (TPSA) is 73.2 Å². The monoisotopic (exact) mass is 335 g/mol. The van der Waals surface area contributed by atoms with E-state index < -0.39 is 5.54 Å². The van der Waals surface area contributed by atoms with Crippen molar-refractivity contribution in [3.63, 3.8) is 0 Å². The normalized spacial score (nSPS) is 16.7. The fourth-order valence-electron chi connectivity index (χ4n) is 3.55. The molecule has 1 saturated carbocycles. The minimum Gasteiger partial charge on any atom is -0.464 e. The van der Waals surface area contributed by atoms with Gasteiger partial charge in [0.05, 0.1) is 12.3 Å². The van der Waals surface area contributed by atoms with Gasteiger partial charge >= 0.3 is 5.97 Å². The summed E-state index contributed by atoms with van der Waals surface area (Å²) in [7, 11) is 1.91. The quantitative estimate of drug-likeness (QED) is 0.810. The molecule has 0 radical (unpaired) electrons. The molecule has 6 heteroatoms. The third-order valence-corrected chi connectivity index (χ3v) is 5.01. The third-order valence-electron chi connectivity index (χ3n) is 5.01. The Labute approximate surface area is 143 Å². The molecule has 0 saturated heterocycles. The van der Waals surface area contributed by atoms with Crippen LogP contribution in [0.5, 0.6) is 0 Å². The van der Waals surface area contributed by atoms with E-state index in [4.69, 9.17) is 4.74 Å². The molecule has 0 aliphatic heterocycles. The van der Waals surface area contributed by atoms with Gasteiger partial charge in [-0.15, -0.1) is 0 Å². The Hall–Kier alpha value is -1.85. The van der Waals surface area contributed by atoms with E-state index in [9.17, 15) is 9.59 Å². The third kappa shape index (κ3) is 3.97. The van der Waals surface area contributed by atoms with Crippen molar-refractivity contribution >= 4 is 11.9 Å². The molecule has 0 atom stereocenters. The number of amides is 1. The average molecular weight is 335 g/mol. The summed E-state index contributed by atoms with van der Waals surface area (Å²) in [5.41, 5.74) is 2.32. The van der Waals surface area contributed by atoms with Crippen molar-refractivity contribution < 1.29 is 14.3 Å². The molecule has 1 aromatic rings. The van der Waals surface area contributed by atoms with Crippen LogP contribution in [0.3, 0.4) is 0 Å². The highest BCUT2D eigenvalue weighted by Gasteiger charge is 2.42. The fourth-order valence-corrected chi connectivity index (χ4v) is 3.55. The highest BCUT2D eigenvalue weighted by atomic mass is 16.5. The minimum absolute atomic E-state index is 0.0902. The van der Waals surface area contributed by atoms with E-state index in [0.29, 0.717) is 32.3 Å². The Morgan fingerprint density at radius 2 is 1.92 bits per heavy atom. The molecule has 1 aliphatic rings. The second kappa shape index (κ2) is 7.81. The Morgan fingerprint density at radius 1 is 1.25 bits per heavy atom. The molecule has 1 amide bonds. The van der Waals surface area contributed by atoms with Gasteiger partial charge < -0.3 is 10.1 Å². The molecule has 24 heavy (non-hydrogen) atoms. The van der Waals surface area contributed by atoms with Gasteiger partial charge in [-0.2, -0.15) is 5.10 Å². The minimum atomic E-state index is -0.829. The van der Waals surface area contributed by atoms with E-state index in [2.05, 4.69) is 10.4 Å². The highest BCUT2D eigenvalue weighted by Crippen LogP contribution is 2.29. The van der Waals surface area contributed by atoms with Gasteiger partial charge in [0.25, 0.3) is 0 Å². The van der Waals surface area contributed by atoms with Crippen molar-refractivity contribution in [2.75, 3.05) is 6.61 Å². The molecule has 1 heterocycles. The van der Waals surface area contributed by atoms with Gasteiger partial charge in [0.2, 0.25) is 5.91 Å². The van der Waals surface area contributed by atoms with Crippen LogP contribution in [0.15, 0.2) is 0 Å². The standard InChI is InChI=1S/C18H29N3O3/c1-5-24-17(23)18(11-7-6-8-12-18)19-16(22)10-9-15-13(2)20-21(4)14(15)3/h5-12H2,1-4H3,(H,19,22). The summed E-state index contributed by atoms with van der Waals surface area (Å²) < 4.78 is 7.06. The Balaban J connectivity index is 2.01. The number of hydrogen-bond acceptors (Lipinski definition) is 4.